The minimum absolute atomic E-state index is 0.0151. The SMILES string of the molecule is O=C(Cn1ccnn1)N[C@H]1CCCN(Cc2cccnc2)C1. The molecule has 1 aliphatic heterocycles. The number of rotatable bonds is 5. The van der Waals surface area contributed by atoms with E-state index in [0.717, 1.165) is 32.5 Å². The summed E-state index contributed by atoms with van der Waals surface area (Å²) in [4.78, 5) is 18.5. The summed E-state index contributed by atoms with van der Waals surface area (Å²) in [7, 11) is 0. The highest BCUT2D eigenvalue weighted by atomic mass is 16.2. The molecule has 1 saturated heterocycles. The Morgan fingerprint density at radius 2 is 2.36 bits per heavy atom. The first-order chi connectivity index (χ1) is 10.8. The number of nitrogens with zero attached hydrogens (tertiary/aromatic N) is 5. The first kappa shape index (κ1) is 14.6. The maximum Gasteiger partial charge on any atom is 0.242 e. The predicted molar refractivity (Wildman–Crippen MR) is 80.7 cm³/mol. The summed E-state index contributed by atoms with van der Waals surface area (Å²) in [6.45, 7) is 3.03. The minimum Gasteiger partial charge on any atom is -0.350 e. The van der Waals surface area contributed by atoms with E-state index in [0.29, 0.717) is 0 Å². The van der Waals surface area contributed by atoms with Crippen molar-refractivity contribution in [2.45, 2.75) is 32.0 Å². The van der Waals surface area contributed by atoms with Crippen molar-refractivity contribution in [3.63, 3.8) is 0 Å². The Morgan fingerprint density at radius 1 is 1.41 bits per heavy atom. The van der Waals surface area contributed by atoms with Crippen LogP contribution in [0.1, 0.15) is 18.4 Å². The average Bonchev–Trinajstić information content (AvgIpc) is 3.01. The van der Waals surface area contributed by atoms with Gasteiger partial charge in [-0.3, -0.25) is 14.7 Å². The van der Waals surface area contributed by atoms with Crippen LogP contribution in [0.5, 0.6) is 0 Å². The van der Waals surface area contributed by atoms with Crippen LogP contribution >= 0.6 is 0 Å². The highest BCUT2D eigenvalue weighted by molar-refractivity contribution is 5.75. The molecular formula is C15H20N6O. The Balaban J connectivity index is 1.49. The molecule has 116 valence electrons. The summed E-state index contributed by atoms with van der Waals surface area (Å²) in [6, 6.07) is 4.23. The molecular weight excluding hydrogens is 280 g/mol. The second-order valence-corrected chi connectivity index (χ2v) is 5.60. The molecule has 0 aromatic carbocycles. The molecule has 2 aromatic rings. The number of hydrogen-bond donors (Lipinski definition) is 1. The van der Waals surface area contributed by atoms with Gasteiger partial charge in [-0.05, 0) is 31.0 Å². The van der Waals surface area contributed by atoms with Gasteiger partial charge >= 0.3 is 0 Å². The van der Waals surface area contributed by atoms with E-state index in [1.54, 1.807) is 18.6 Å². The highest BCUT2D eigenvalue weighted by Crippen LogP contribution is 2.13. The third-order valence-electron chi connectivity index (χ3n) is 3.78. The standard InChI is InChI=1S/C15H20N6O/c22-15(12-21-8-6-17-19-21)18-14-4-2-7-20(11-14)10-13-3-1-5-16-9-13/h1,3,5-6,8-9,14H,2,4,7,10-12H2,(H,18,22)/t14-/m0/s1. The molecule has 0 unspecified atom stereocenters. The van der Waals surface area contributed by atoms with Gasteiger partial charge in [-0.25, -0.2) is 4.68 Å². The van der Waals surface area contributed by atoms with Gasteiger partial charge in [0, 0.05) is 37.7 Å². The van der Waals surface area contributed by atoms with E-state index in [-0.39, 0.29) is 18.5 Å². The number of nitrogens with one attached hydrogen (secondary N) is 1. The average molecular weight is 300 g/mol. The van der Waals surface area contributed by atoms with Crippen molar-refractivity contribution < 1.29 is 4.79 Å². The van der Waals surface area contributed by atoms with Gasteiger partial charge < -0.3 is 5.32 Å². The quantitative estimate of drug-likeness (QED) is 0.868. The van der Waals surface area contributed by atoms with E-state index in [4.69, 9.17) is 0 Å². The lowest BCUT2D eigenvalue weighted by Crippen LogP contribution is -2.48. The largest absolute Gasteiger partial charge is 0.350 e. The normalized spacial score (nSPS) is 19.0. The second kappa shape index (κ2) is 7.13. The maximum atomic E-state index is 12.0. The van der Waals surface area contributed by atoms with Crippen LogP contribution in [0.3, 0.4) is 0 Å². The van der Waals surface area contributed by atoms with Crippen LogP contribution < -0.4 is 5.32 Å². The van der Waals surface area contributed by atoms with Crippen molar-refractivity contribution in [3.05, 3.63) is 42.5 Å². The molecule has 1 amide bonds. The fraction of sp³-hybridized carbons (Fsp3) is 0.467. The summed E-state index contributed by atoms with van der Waals surface area (Å²) in [6.07, 6.45) is 9.06. The lowest BCUT2D eigenvalue weighted by molar-refractivity contribution is -0.123. The van der Waals surface area contributed by atoms with Gasteiger partial charge in [0.05, 0.1) is 6.20 Å². The number of carbonyl (C=O) groups is 1. The molecule has 7 heteroatoms. The van der Waals surface area contributed by atoms with Gasteiger partial charge in [0.15, 0.2) is 0 Å². The molecule has 7 nitrogen and oxygen atoms in total. The van der Waals surface area contributed by atoms with Gasteiger partial charge in [0.1, 0.15) is 6.54 Å². The van der Waals surface area contributed by atoms with Crippen molar-refractivity contribution in [1.82, 2.24) is 30.2 Å². The zero-order valence-corrected chi connectivity index (χ0v) is 12.4. The number of aromatic nitrogens is 4. The molecule has 0 saturated carbocycles. The van der Waals surface area contributed by atoms with Crippen molar-refractivity contribution in [1.29, 1.82) is 0 Å². The summed E-state index contributed by atoms with van der Waals surface area (Å²) >= 11 is 0. The van der Waals surface area contributed by atoms with Crippen LogP contribution in [-0.4, -0.2) is 49.9 Å². The van der Waals surface area contributed by atoms with Crippen molar-refractivity contribution in [2.75, 3.05) is 13.1 Å². The molecule has 1 aliphatic rings. The van der Waals surface area contributed by atoms with E-state index in [2.05, 4.69) is 31.6 Å². The third-order valence-corrected chi connectivity index (χ3v) is 3.78. The summed E-state index contributed by atoms with van der Waals surface area (Å²) in [5, 5.41) is 10.6. The van der Waals surface area contributed by atoms with Crippen molar-refractivity contribution >= 4 is 5.91 Å². The Morgan fingerprint density at radius 3 is 3.14 bits per heavy atom. The van der Waals surface area contributed by atoms with Gasteiger partial charge in [-0.15, -0.1) is 5.10 Å². The van der Waals surface area contributed by atoms with E-state index in [1.807, 2.05) is 12.3 Å². The zero-order chi connectivity index (χ0) is 15.2. The molecule has 0 aliphatic carbocycles. The number of amides is 1. The van der Waals surface area contributed by atoms with Crippen LogP contribution in [0.25, 0.3) is 0 Å². The monoisotopic (exact) mass is 300 g/mol. The van der Waals surface area contributed by atoms with Crippen LogP contribution in [0.15, 0.2) is 36.9 Å². The van der Waals surface area contributed by atoms with Crippen LogP contribution in [0.4, 0.5) is 0 Å². The van der Waals surface area contributed by atoms with Gasteiger partial charge in [-0.2, -0.15) is 0 Å². The van der Waals surface area contributed by atoms with E-state index < -0.39 is 0 Å². The van der Waals surface area contributed by atoms with Crippen molar-refractivity contribution in [3.8, 4) is 0 Å². The first-order valence-electron chi connectivity index (χ1n) is 7.54. The fourth-order valence-corrected chi connectivity index (χ4v) is 2.80. The number of likely N-dealkylation sites (tertiary alicyclic amines) is 1. The molecule has 0 radical (unpaired) electrons. The Hall–Kier alpha value is -2.28. The summed E-state index contributed by atoms with van der Waals surface area (Å²) < 4.78 is 1.53. The number of hydrogen-bond acceptors (Lipinski definition) is 5. The van der Waals surface area contributed by atoms with E-state index in [1.165, 1.54) is 10.2 Å². The lowest BCUT2D eigenvalue weighted by atomic mass is 10.0. The van der Waals surface area contributed by atoms with Crippen LogP contribution in [0, 0.1) is 0 Å². The van der Waals surface area contributed by atoms with Crippen LogP contribution in [-0.2, 0) is 17.9 Å². The number of piperidine rings is 1. The number of pyridine rings is 1. The maximum absolute atomic E-state index is 12.0. The third kappa shape index (κ3) is 4.11. The smallest absolute Gasteiger partial charge is 0.242 e. The molecule has 1 atom stereocenters. The molecule has 0 bridgehead atoms. The molecule has 1 N–H and O–H groups in total. The molecule has 22 heavy (non-hydrogen) atoms. The molecule has 3 heterocycles. The Bertz CT molecular complexity index is 585. The van der Waals surface area contributed by atoms with E-state index >= 15 is 0 Å². The molecule has 3 rings (SSSR count). The summed E-state index contributed by atoms with van der Waals surface area (Å²) in [5.41, 5.74) is 1.21. The Labute approximate surface area is 129 Å². The van der Waals surface area contributed by atoms with Gasteiger partial charge in [0.2, 0.25) is 5.91 Å². The fourth-order valence-electron chi connectivity index (χ4n) is 2.80. The molecule has 1 fully saturated rings. The van der Waals surface area contributed by atoms with Gasteiger partial charge in [-0.1, -0.05) is 11.3 Å². The van der Waals surface area contributed by atoms with Crippen molar-refractivity contribution in [2.24, 2.45) is 0 Å². The van der Waals surface area contributed by atoms with E-state index in [9.17, 15) is 4.79 Å². The Kier molecular flexibility index (Phi) is 4.75. The highest BCUT2D eigenvalue weighted by Gasteiger charge is 2.21. The summed E-state index contributed by atoms with van der Waals surface area (Å²) in [5.74, 6) is -0.0151. The number of carbonyl (C=O) groups excluding carboxylic acids is 1. The lowest BCUT2D eigenvalue weighted by Gasteiger charge is -2.33. The first-order valence-corrected chi connectivity index (χ1v) is 7.54. The van der Waals surface area contributed by atoms with Crippen LogP contribution in [0.2, 0.25) is 0 Å². The molecule has 2 aromatic heterocycles. The topological polar surface area (TPSA) is 75.9 Å². The second-order valence-electron chi connectivity index (χ2n) is 5.60. The van der Waals surface area contributed by atoms with Gasteiger partial charge in [0.25, 0.3) is 0 Å². The zero-order valence-electron chi connectivity index (χ0n) is 12.4. The molecule has 0 spiro atoms. The minimum atomic E-state index is -0.0151. The predicted octanol–water partition coefficient (Wildman–Crippen LogP) is 0.454.